The van der Waals surface area contributed by atoms with Crippen molar-refractivity contribution >= 4 is 23.3 Å². The van der Waals surface area contributed by atoms with Gasteiger partial charge in [0.2, 0.25) is 0 Å². The zero-order valence-corrected chi connectivity index (χ0v) is 23.7. The Morgan fingerprint density at radius 1 is 1.05 bits per heavy atom. The summed E-state index contributed by atoms with van der Waals surface area (Å²) in [6, 6.07) is 17.0. The molecule has 2 aromatic heterocycles. The van der Waals surface area contributed by atoms with Crippen molar-refractivity contribution in [3.63, 3.8) is 0 Å². The zero-order chi connectivity index (χ0) is 29.0. The number of fused-ring (bicyclic) bond motifs is 2. The first kappa shape index (κ1) is 26.4. The number of anilines is 1. The van der Waals surface area contributed by atoms with Crippen LogP contribution >= 0.6 is 0 Å². The molecule has 2 fully saturated rings. The normalized spacial score (nSPS) is 20.1. The number of halogens is 1. The summed E-state index contributed by atoms with van der Waals surface area (Å²) in [4.78, 5) is 34.0. The second kappa shape index (κ2) is 10.4. The van der Waals surface area contributed by atoms with Crippen molar-refractivity contribution in [2.75, 3.05) is 31.6 Å². The topological polar surface area (TPSA) is 92.1 Å². The molecule has 1 aliphatic carbocycles. The lowest BCUT2D eigenvalue weighted by Gasteiger charge is -2.35. The van der Waals surface area contributed by atoms with E-state index in [1.54, 1.807) is 16.6 Å². The average molecular weight is 569 g/mol. The molecule has 0 radical (unpaired) electrons. The van der Waals surface area contributed by atoms with Crippen molar-refractivity contribution in [2.24, 2.45) is 0 Å². The third kappa shape index (κ3) is 4.74. The van der Waals surface area contributed by atoms with E-state index in [9.17, 15) is 9.59 Å². The van der Waals surface area contributed by atoms with Crippen LogP contribution in [0.2, 0.25) is 0 Å². The van der Waals surface area contributed by atoms with Crippen molar-refractivity contribution in [2.45, 2.75) is 50.7 Å². The minimum atomic E-state index is -0.463. The van der Waals surface area contributed by atoms with Crippen LogP contribution in [0.3, 0.4) is 0 Å². The van der Waals surface area contributed by atoms with Crippen molar-refractivity contribution in [1.29, 1.82) is 0 Å². The quantitative estimate of drug-likeness (QED) is 0.360. The van der Waals surface area contributed by atoms with Crippen molar-refractivity contribution in [3.05, 3.63) is 82.9 Å². The van der Waals surface area contributed by atoms with Crippen LogP contribution in [0.25, 0.3) is 16.9 Å². The Hall–Kier alpha value is -4.47. The van der Waals surface area contributed by atoms with Gasteiger partial charge in [-0.3, -0.25) is 4.79 Å². The first-order chi connectivity index (χ1) is 20.4. The van der Waals surface area contributed by atoms with E-state index in [-0.39, 0.29) is 18.1 Å². The number of aromatic nitrogens is 3. The number of carbonyl (C=O) groups excluding carboxylic acids is 2. The number of rotatable bonds is 5. The van der Waals surface area contributed by atoms with Crippen LogP contribution in [-0.2, 0) is 11.2 Å². The highest BCUT2D eigenvalue weighted by atomic mass is 19.1. The van der Waals surface area contributed by atoms with Crippen molar-refractivity contribution < 1.29 is 18.7 Å². The summed E-state index contributed by atoms with van der Waals surface area (Å²) in [5.41, 5.74) is 5.92. The van der Waals surface area contributed by atoms with Gasteiger partial charge in [0.15, 0.2) is 5.65 Å². The maximum Gasteiger partial charge on any atom is 0.407 e. The molecule has 42 heavy (non-hydrogen) atoms. The van der Waals surface area contributed by atoms with Crippen LogP contribution in [-0.4, -0.2) is 64.3 Å². The number of nitrogens with one attached hydrogen (secondary N) is 1. The average Bonchev–Trinajstić information content (AvgIpc) is 3.59. The molecule has 2 aromatic carbocycles. The van der Waals surface area contributed by atoms with Crippen molar-refractivity contribution in [1.82, 2.24) is 24.8 Å². The minimum Gasteiger partial charge on any atom is -0.444 e. The smallest absolute Gasteiger partial charge is 0.407 e. The lowest BCUT2D eigenvalue weighted by molar-refractivity contribution is 0.0671. The number of amides is 2. The monoisotopic (exact) mass is 568 g/mol. The van der Waals surface area contributed by atoms with Gasteiger partial charge in [-0.15, -0.1) is 0 Å². The summed E-state index contributed by atoms with van der Waals surface area (Å²) in [6.45, 7) is 3.88. The molecule has 216 valence electrons. The fraction of sp³-hybridized carbons (Fsp3) is 0.375. The molecule has 4 heterocycles. The first-order valence-electron chi connectivity index (χ1n) is 14.6. The maximum absolute atomic E-state index is 15.5. The minimum absolute atomic E-state index is 0.0424. The molecule has 2 aliphatic heterocycles. The Kier molecular flexibility index (Phi) is 6.56. The fourth-order valence-corrected chi connectivity index (χ4v) is 6.28. The van der Waals surface area contributed by atoms with Crippen LogP contribution < -0.4 is 10.2 Å². The summed E-state index contributed by atoms with van der Waals surface area (Å²) in [5, 5.41) is 7.22. The van der Waals surface area contributed by atoms with E-state index < -0.39 is 11.9 Å². The molecule has 1 saturated heterocycles. The molecule has 9 nitrogen and oxygen atoms in total. The van der Waals surface area contributed by atoms with E-state index in [1.807, 2.05) is 34.1 Å². The van der Waals surface area contributed by atoms with Gasteiger partial charge in [0, 0.05) is 55.5 Å². The van der Waals surface area contributed by atoms with Crippen LogP contribution in [0.1, 0.15) is 65.5 Å². The molecule has 0 bridgehead atoms. The van der Waals surface area contributed by atoms with Gasteiger partial charge in [0.1, 0.15) is 17.6 Å². The standard InChI is InChI=1S/C32H33FN6O3/c1-19-24-6-4-3-5-20(24)11-14-38(19)31(40)28-16-29(21-7-8-21)39-30(35-28)17-27(36-39)25-10-9-22(15-26(25)33)37-13-12-23(18-37)42-32(41)34-2/h3-6,9-10,15-17,19,21,23H,7-8,11-14,18H2,1-2H3,(H,34,41)/t19-,23+/m1/s1. The van der Waals surface area contributed by atoms with E-state index >= 15 is 4.39 Å². The molecule has 4 aromatic rings. The van der Waals surface area contributed by atoms with Gasteiger partial charge in [-0.05, 0) is 61.6 Å². The van der Waals surface area contributed by atoms with Crippen LogP contribution in [0.15, 0.2) is 54.6 Å². The van der Waals surface area contributed by atoms with Gasteiger partial charge >= 0.3 is 6.09 Å². The summed E-state index contributed by atoms with van der Waals surface area (Å²) in [7, 11) is 1.53. The van der Waals surface area contributed by atoms with Crippen LogP contribution in [0.4, 0.5) is 14.9 Å². The van der Waals surface area contributed by atoms with Gasteiger partial charge in [-0.2, -0.15) is 5.10 Å². The van der Waals surface area contributed by atoms with Gasteiger partial charge in [-0.1, -0.05) is 24.3 Å². The summed E-state index contributed by atoms with van der Waals surface area (Å²) in [6.07, 6.45) is 2.85. The van der Waals surface area contributed by atoms with Crippen LogP contribution in [0.5, 0.6) is 0 Å². The number of ether oxygens (including phenoxy) is 1. The summed E-state index contributed by atoms with van der Waals surface area (Å²) < 4.78 is 22.6. The van der Waals surface area contributed by atoms with Gasteiger partial charge in [-0.25, -0.2) is 18.7 Å². The van der Waals surface area contributed by atoms with E-state index in [4.69, 9.17) is 14.8 Å². The molecular formula is C32H33FN6O3. The van der Waals surface area contributed by atoms with E-state index in [1.165, 1.54) is 24.2 Å². The Morgan fingerprint density at radius 3 is 2.67 bits per heavy atom. The lowest BCUT2D eigenvalue weighted by Crippen LogP contribution is -2.39. The predicted octanol–water partition coefficient (Wildman–Crippen LogP) is 5.11. The van der Waals surface area contributed by atoms with E-state index in [0.29, 0.717) is 54.6 Å². The highest BCUT2D eigenvalue weighted by molar-refractivity contribution is 5.93. The fourth-order valence-electron chi connectivity index (χ4n) is 6.28. The number of benzene rings is 2. The number of carbonyl (C=O) groups is 2. The third-order valence-electron chi connectivity index (χ3n) is 8.74. The Labute approximate surface area is 243 Å². The third-order valence-corrected chi connectivity index (χ3v) is 8.74. The highest BCUT2D eigenvalue weighted by Crippen LogP contribution is 2.41. The number of hydrogen-bond donors (Lipinski definition) is 1. The molecule has 3 aliphatic rings. The van der Waals surface area contributed by atoms with E-state index in [2.05, 4.69) is 24.4 Å². The molecule has 0 spiro atoms. The Balaban J connectivity index is 1.17. The summed E-state index contributed by atoms with van der Waals surface area (Å²) in [5.74, 6) is -0.178. The first-order valence-corrected chi connectivity index (χ1v) is 14.6. The second-order valence-corrected chi connectivity index (χ2v) is 11.4. The molecule has 2 amide bonds. The molecule has 7 rings (SSSR count). The number of alkyl carbamates (subject to hydrolysis) is 1. The van der Waals surface area contributed by atoms with Crippen molar-refractivity contribution in [3.8, 4) is 11.3 Å². The maximum atomic E-state index is 15.5. The number of nitrogens with zero attached hydrogens (tertiary/aromatic N) is 5. The second-order valence-electron chi connectivity index (χ2n) is 11.4. The number of hydrogen-bond acceptors (Lipinski definition) is 6. The van der Waals surface area contributed by atoms with Gasteiger partial charge < -0.3 is 19.9 Å². The lowest BCUT2D eigenvalue weighted by atomic mass is 9.93. The van der Waals surface area contributed by atoms with Crippen LogP contribution in [0, 0.1) is 5.82 Å². The summed E-state index contributed by atoms with van der Waals surface area (Å²) >= 11 is 0. The van der Waals surface area contributed by atoms with Gasteiger partial charge in [0.25, 0.3) is 5.91 Å². The SMILES string of the molecule is CNC(=O)O[C@H]1CCN(c2ccc(-c3cc4nc(C(=O)N5CCc6ccccc6[C@H]5C)cc(C5CC5)n4n3)c(F)c2)C1. The molecule has 1 N–H and O–H groups in total. The molecule has 0 unspecified atom stereocenters. The largest absolute Gasteiger partial charge is 0.444 e. The highest BCUT2D eigenvalue weighted by Gasteiger charge is 2.33. The molecule has 1 saturated carbocycles. The zero-order valence-electron chi connectivity index (χ0n) is 23.7. The molecule has 10 heteroatoms. The van der Waals surface area contributed by atoms with Gasteiger partial charge in [0.05, 0.1) is 18.3 Å². The Morgan fingerprint density at radius 2 is 1.88 bits per heavy atom. The Bertz CT molecular complexity index is 1700. The predicted molar refractivity (Wildman–Crippen MR) is 156 cm³/mol. The molecular weight excluding hydrogens is 535 g/mol. The van der Waals surface area contributed by atoms with E-state index in [0.717, 1.165) is 30.6 Å². The molecule has 2 atom stereocenters.